The van der Waals surface area contributed by atoms with Crippen molar-refractivity contribution in [2.75, 3.05) is 13.1 Å². The van der Waals surface area contributed by atoms with Gasteiger partial charge in [0, 0.05) is 13.1 Å². The standard InChI is InChI=1S/C16H18FNO/c1-2-10-18(13-16-4-3-12-19-16)11-9-14-5-7-15(17)8-6-14/h2-8,12H,1,9-11,13H2. The molecule has 0 bridgehead atoms. The van der Waals surface area contributed by atoms with E-state index in [9.17, 15) is 4.39 Å². The highest BCUT2D eigenvalue weighted by Gasteiger charge is 2.06. The topological polar surface area (TPSA) is 16.4 Å². The van der Waals surface area contributed by atoms with Gasteiger partial charge in [-0.15, -0.1) is 6.58 Å². The van der Waals surface area contributed by atoms with Crippen LogP contribution in [0.15, 0.2) is 59.7 Å². The Kier molecular flexibility index (Phi) is 4.93. The van der Waals surface area contributed by atoms with Crippen LogP contribution in [0.5, 0.6) is 0 Å². The quantitative estimate of drug-likeness (QED) is 0.706. The van der Waals surface area contributed by atoms with Crippen molar-refractivity contribution in [1.29, 1.82) is 0 Å². The molecule has 2 nitrogen and oxygen atoms in total. The molecule has 100 valence electrons. The molecule has 0 saturated heterocycles. The van der Waals surface area contributed by atoms with E-state index in [2.05, 4.69) is 11.5 Å². The fourth-order valence-electron chi connectivity index (χ4n) is 1.98. The first-order valence-electron chi connectivity index (χ1n) is 6.38. The molecule has 1 aromatic carbocycles. The highest BCUT2D eigenvalue weighted by Crippen LogP contribution is 2.08. The Hall–Kier alpha value is -1.87. The van der Waals surface area contributed by atoms with E-state index in [0.29, 0.717) is 0 Å². The number of furan rings is 1. The molecule has 0 amide bonds. The van der Waals surface area contributed by atoms with Crippen LogP contribution in [-0.2, 0) is 13.0 Å². The van der Waals surface area contributed by atoms with Gasteiger partial charge in [-0.3, -0.25) is 4.90 Å². The van der Waals surface area contributed by atoms with Gasteiger partial charge >= 0.3 is 0 Å². The summed E-state index contributed by atoms with van der Waals surface area (Å²) in [7, 11) is 0. The van der Waals surface area contributed by atoms with Gasteiger partial charge in [0.15, 0.2) is 0 Å². The Morgan fingerprint density at radius 3 is 2.63 bits per heavy atom. The summed E-state index contributed by atoms with van der Waals surface area (Å²) in [4.78, 5) is 2.25. The summed E-state index contributed by atoms with van der Waals surface area (Å²) in [6, 6.07) is 10.5. The molecule has 2 aromatic rings. The predicted molar refractivity (Wildman–Crippen MR) is 74.3 cm³/mol. The number of halogens is 1. The van der Waals surface area contributed by atoms with Crippen molar-refractivity contribution in [3.8, 4) is 0 Å². The molecule has 0 radical (unpaired) electrons. The van der Waals surface area contributed by atoms with Crippen LogP contribution < -0.4 is 0 Å². The molecule has 3 heteroatoms. The molecule has 0 aliphatic carbocycles. The number of hydrogen-bond donors (Lipinski definition) is 0. The van der Waals surface area contributed by atoms with Gasteiger partial charge < -0.3 is 4.42 Å². The van der Waals surface area contributed by atoms with Crippen molar-refractivity contribution in [3.63, 3.8) is 0 Å². The minimum absolute atomic E-state index is 0.192. The minimum Gasteiger partial charge on any atom is -0.468 e. The Balaban J connectivity index is 1.89. The lowest BCUT2D eigenvalue weighted by Crippen LogP contribution is -2.25. The van der Waals surface area contributed by atoms with Crippen LogP contribution in [0.1, 0.15) is 11.3 Å². The highest BCUT2D eigenvalue weighted by atomic mass is 19.1. The second-order valence-corrected chi connectivity index (χ2v) is 4.48. The molecule has 1 heterocycles. The Morgan fingerprint density at radius 2 is 2.00 bits per heavy atom. The second kappa shape index (κ2) is 6.90. The molecule has 2 rings (SSSR count). The normalized spacial score (nSPS) is 10.8. The van der Waals surface area contributed by atoms with Gasteiger partial charge in [-0.25, -0.2) is 4.39 Å². The number of nitrogens with zero attached hydrogens (tertiary/aromatic N) is 1. The Bertz CT molecular complexity index is 490. The van der Waals surface area contributed by atoms with Crippen LogP contribution in [0.25, 0.3) is 0 Å². The number of hydrogen-bond acceptors (Lipinski definition) is 2. The molecule has 0 atom stereocenters. The van der Waals surface area contributed by atoms with Crippen LogP contribution in [0.3, 0.4) is 0 Å². The van der Waals surface area contributed by atoms with Gasteiger partial charge in [-0.1, -0.05) is 18.2 Å². The van der Waals surface area contributed by atoms with E-state index in [0.717, 1.165) is 37.4 Å². The molecule has 0 aliphatic heterocycles. The zero-order chi connectivity index (χ0) is 13.5. The molecule has 0 fully saturated rings. The summed E-state index contributed by atoms with van der Waals surface area (Å²) in [6.45, 7) is 6.23. The molecule has 0 N–H and O–H groups in total. The number of benzene rings is 1. The van der Waals surface area contributed by atoms with Crippen molar-refractivity contribution in [2.24, 2.45) is 0 Å². The van der Waals surface area contributed by atoms with E-state index in [1.165, 1.54) is 12.1 Å². The van der Waals surface area contributed by atoms with E-state index in [1.54, 1.807) is 6.26 Å². The SMILES string of the molecule is C=CCN(CCc1ccc(F)cc1)Cc1ccco1. The molecule has 0 spiro atoms. The van der Waals surface area contributed by atoms with E-state index in [1.807, 2.05) is 30.3 Å². The van der Waals surface area contributed by atoms with Crippen molar-refractivity contribution in [2.45, 2.75) is 13.0 Å². The lowest BCUT2D eigenvalue weighted by Gasteiger charge is -2.19. The maximum absolute atomic E-state index is 12.8. The average molecular weight is 259 g/mol. The van der Waals surface area contributed by atoms with Crippen LogP contribution >= 0.6 is 0 Å². The van der Waals surface area contributed by atoms with E-state index in [4.69, 9.17) is 4.42 Å². The van der Waals surface area contributed by atoms with Crippen molar-refractivity contribution >= 4 is 0 Å². The lowest BCUT2D eigenvalue weighted by atomic mass is 10.1. The van der Waals surface area contributed by atoms with Gasteiger partial charge in [0.05, 0.1) is 12.8 Å². The third-order valence-corrected chi connectivity index (χ3v) is 2.98. The minimum atomic E-state index is -0.192. The fourth-order valence-corrected chi connectivity index (χ4v) is 1.98. The lowest BCUT2D eigenvalue weighted by molar-refractivity contribution is 0.271. The van der Waals surface area contributed by atoms with E-state index in [-0.39, 0.29) is 5.82 Å². The zero-order valence-electron chi connectivity index (χ0n) is 10.9. The highest BCUT2D eigenvalue weighted by molar-refractivity contribution is 5.16. The zero-order valence-corrected chi connectivity index (χ0v) is 10.9. The smallest absolute Gasteiger partial charge is 0.123 e. The van der Waals surface area contributed by atoms with Gasteiger partial charge in [-0.2, -0.15) is 0 Å². The molecular formula is C16H18FNO. The maximum Gasteiger partial charge on any atom is 0.123 e. The van der Waals surface area contributed by atoms with Gasteiger partial charge in [0.1, 0.15) is 11.6 Å². The average Bonchev–Trinajstić information content (AvgIpc) is 2.91. The largest absolute Gasteiger partial charge is 0.468 e. The fraction of sp³-hybridized carbons (Fsp3) is 0.250. The summed E-state index contributed by atoms with van der Waals surface area (Å²) in [5.74, 6) is 0.753. The van der Waals surface area contributed by atoms with Crippen LogP contribution in [0.2, 0.25) is 0 Å². The van der Waals surface area contributed by atoms with Crippen molar-refractivity contribution < 1.29 is 8.81 Å². The first-order valence-corrected chi connectivity index (χ1v) is 6.38. The summed E-state index contributed by atoms with van der Waals surface area (Å²) < 4.78 is 18.2. The van der Waals surface area contributed by atoms with E-state index < -0.39 is 0 Å². The summed E-state index contributed by atoms with van der Waals surface area (Å²) in [5.41, 5.74) is 1.13. The molecule has 1 aromatic heterocycles. The van der Waals surface area contributed by atoms with Gasteiger partial charge in [0.2, 0.25) is 0 Å². The van der Waals surface area contributed by atoms with Crippen molar-refractivity contribution in [3.05, 3.63) is 72.5 Å². The van der Waals surface area contributed by atoms with Crippen LogP contribution in [0, 0.1) is 5.82 Å². The molecule has 0 aliphatic rings. The molecule has 19 heavy (non-hydrogen) atoms. The molecular weight excluding hydrogens is 241 g/mol. The predicted octanol–water partition coefficient (Wildman–Crippen LogP) is 3.65. The third-order valence-electron chi connectivity index (χ3n) is 2.98. The summed E-state index contributed by atoms with van der Waals surface area (Å²) in [5, 5.41) is 0. The summed E-state index contributed by atoms with van der Waals surface area (Å²) >= 11 is 0. The van der Waals surface area contributed by atoms with Gasteiger partial charge in [-0.05, 0) is 36.2 Å². The monoisotopic (exact) mass is 259 g/mol. The van der Waals surface area contributed by atoms with Crippen LogP contribution in [-0.4, -0.2) is 18.0 Å². The number of rotatable bonds is 7. The summed E-state index contributed by atoms with van der Waals surface area (Å²) in [6.07, 6.45) is 4.45. The maximum atomic E-state index is 12.8. The molecule has 0 unspecified atom stereocenters. The molecule has 0 saturated carbocycles. The first kappa shape index (κ1) is 13.6. The van der Waals surface area contributed by atoms with Crippen molar-refractivity contribution in [1.82, 2.24) is 4.90 Å². The van der Waals surface area contributed by atoms with E-state index >= 15 is 0 Å². The second-order valence-electron chi connectivity index (χ2n) is 4.48. The third kappa shape index (κ3) is 4.38. The van der Waals surface area contributed by atoms with Crippen LogP contribution in [0.4, 0.5) is 4.39 Å². The van der Waals surface area contributed by atoms with Gasteiger partial charge in [0.25, 0.3) is 0 Å². The Labute approximate surface area is 113 Å². The Morgan fingerprint density at radius 1 is 1.21 bits per heavy atom. The first-order chi connectivity index (χ1) is 9.28.